The first-order chi connectivity index (χ1) is 32.5. The van der Waals surface area contributed by atoms with Gasteiger partial charge >= 0.3 is 0 Å². The molecule has 70 heavy (non-hydrogen) atoms. The average Bonchev–Trinajstić information content (AvgIpc) is 3.97. The Bertz CT molecular complexity index is 2920. The predicted octanol–water partition coefficient (Wildman–Crippen LogP) is 15.0. The zero-order chi connectivity index (χ0) is 52.3. The van der Waals surface area contributed by atoms with Gasteiger partial charge in [-0.05, 0) is 124 Å². The van der Waals surface area contributed by atoms with E-state index in [2.05, 4.69) is 108 Å². The second-order valence-corrected chi connectivity index (χ2v) is 30.2. The molecule has 0 aliphatic carbocycles. The van der Waals surface area contributed by atoms with E-state index in [-0.39, 0.29) is 39.6 Å². The highest BCUT2D eigenvalue weighted by atomic mass is 35.5. The average molecular weight is 1030 g/mol. The largest absolute Gasteiger partial charge is 0.542 e. The highest BCUT2D eigenvalue weighted by molar-refractivity contribution is 6.75. The van der Waals surface area contributed by atoms with Crippen LogP contribution >= 0.6 is 23.2 Å². The Hall–Kier alpha value is -5.87. The first-order valence-electron chi connectivity index (χ1n) is 22.4. The molecule has 0 aliphatic heterocycles. The third kappa shape index (κ3) is 12.5. The number of aliphatic hydroxyl groups excluding tert-OH is 1. The van der Waals surface area contributed by atoms with Crippen LogP contribution in [0.2, 0.25) is 46.3 Å². The van der Waals surface area contributed by atoms with E-state index in [9.17, 15) is 14.6 Å². The Kier molecular flexibility index (Phi) is 17.0. The van der Waals surface area contributed by atoms with Gasteiger partial charge in [0.2, 0.25) is 34.9 Å². The number of nitrogens with one attached hydrogen (secondary N) is 2. The third-order valence-electron chi connectivity index (χ3n) is 12.8. The zero-order valence-corrected chi connectivity index (χ0v) is 45.3. The molecule has 4 N–H and O–H groups in total. The standard InChI is InChI=1S/C31H44ClFN4O3Si2.C19H16ClFN4O3/c1-19-23(15-16-24(34-9)26(19)32)35-27(20(2)39-41(10,11)30(3,4)5)29-37-36-28(38-29)21-14-17-25(22(33)18-21)40-42(12,13)31(6,7)8;1-9-13(5-6-14(22-3)16(9)20)23-17(10(2)26)19-25-24-18(28-19)11-4-7-15(27)12(21)8-11/h14-18,20,27,35H,1-8,10-13H3;4-8,10,17,23,26-27H,1-2H3/t20-,27+;10-,17+/m00/s1. The molecule has 4 aromatic carbocycles. The molecule has 0 radical (unpaired) electrons. The molecule has 0 unspecified atom stereocenters. The van der Waals surface area contributed by atoms with Crippen LogP contribution in [0.4, 0.5) is 31.5 Å². The molecule has 14 nitrogen and oxygen atoms in total. The quantitative estimate of drug-likeness (QED) is 0.0602. The van der Waals surface area contributed by atoms with E-state index in [0.717, 1.165) is 17.3 Å². The third-order valence-corrected chi connectivity index (χ3v) is 22.7. The highest BCUT2D eigenvalue weighted by Crippen LogP contribution is 2.42. The highest BCUT2D eigenvalue weighted by Gasteiger charge is 2.42. The first-order valence-corrected chi connectivity index (χ1v) is 28.9. The van der Waals surface area contributed by atoms with Crippen molar-refractivity contribution >= 4 is 62.6 Å². The Morgan fingerprint density at radius 2 is 1.11 bits per heavy atom. The van der Waals surface area contributed by atoms with Crippen LogP contribution in [0.3, 0.4) is 0 Å². The van der Waals surface area contributed by atoms with Gasteiger partial charge in [-0.15, -0.1) is 20.4 Å². The Labute approximate surface area is 420 Å². The molecule has 6 rings (SSSR count). The number of rotatable bonds is 14. The summed E-state index contributed by atoms with van der Waals surface area (Å²) in [6, 6.07) is 13.8. The number of aliphatic hydroxyl groups is 1. The lowest BCUT2D eigenvalue weighted by Gasteiger charge is -2.40. The van der Waals surface area contributed by atoms with E-state index in [1.807, 2.05) is 19.9 Å². The van der Waals surface area contributed by atoms with Crippen molar-refractivity contribution in [2.75, 3.05) is 10.6 Å². The van der Waals surface area contributed by atoms with E-state index in [1.54, 1.807) is 44.2 Å². The summed E-state index contributed by atoms with van der Waals surface area (Å²) < 4.78 is 53.5. The zero-order valence-electron chi connectivity index (χ0n) is 41.8. The summed E-state index contributed by atoms with van der Waals surface area (Å²) in [5.41, 5.74) is 4.14. The number of aromatic nitrogens is 4. The van der Waals surface area contributed by atoms with Gasteiger partial charge in [0, 0.05) is 22.5 Å². The number of phenols is 1. The fraction of sp³-hybridized carbons (Fsp3) is 0.400. The van der Waals surface area contributed by atoms with Crippen LogP contribution in [0.5, 0.6) is 11.5 Å². The van der Waals surface area contributed by atoms with Gasteiger partial charge in [-0.1, -0.05) is 76.9 Å². The van der Waals surface area contributed by atoms with Crippen molar-refractivity contribution in [1.29, 1.82) is 0 Å². The van der Waals surface area contributed by atoms with Crippen molar-refractivity contribution in [3.05, 3.63) is 128 Å². The summed E-state index contributed by atoms with van der Waals surface area (Å²) in [6.45, 7) is 43.0. The van der Waals surface area contributed by atoms with Crippen molar-refractivity contribution in [2.24, 2.45) is 0 Å². The number of hydrogen-bond donors (Lipinski definition) is 4. The molecule has 0 bridgehead atoms. The fourth-order valence-corrected chi connectivity index (χ4v) is 9.23. The molecular weight excluding hydrogens is 974 g/mol. The van der Waals surface area contributed by atoms with Crippen LogP contribution in [0.25, 0.3) is 32.6 Å². The van der Waals surface area contributed by atoms with Gasteiger partial charge in [-0.25, -0.2) is 18.5 Å². The topological polar surface area (TPSA) is 170 Å². The molecule has 2 aromatic heterocycles. The number of benzene rings is 4. The maximum atomic E-state index is 15.2. The van der Waals surface area contributed by atoms with Crippen molar-refractivity contribution in [3.8, 4) is 34.4 Å². The van der Waals surface area contributed by atoms with E-state index in [1.165, 1.54) is 18.2 Å². The number of hydrogen-bond acceptors (Lipinski definition) is 12. The normalized spacial score (nSPS) is 13.8. The van der Waals surface area contributed by atoms with Crippen LogP contribution in [-0.2, 0) is 4.43 Å². The predicted molar refractivity (Wildman–Crippen MR) is 276 cm³/mol. The molecule has 0 amide bonds. The van der Waals surface area contributed by atoms with Gasteiger partial charge in [0.15, 0.2) is 25.7 Å². The Morgan fingerprint density at radius 3 is 1.54 bits per heavy atom. The molecule has 4 atom stereocenters. The van der Waals surface area contributed by atoms with Crippen molar-refractivity contribution in [3.63, 3.8) is 0 Å². The first kappa shape index (κ1) is 55.1. The summed E-state index contributed by atoms with van der Waals surface area (Å²) in [4.78, 5) is 6.84. The lowest BCUT2D eigenvalue weighted by atomic mass is 10.1. The number of phenolic OH excluding ortho intramolecular Hbond substituents is 1. The van der Waals surface area contributed by atoms with Crippen molar-refractivity contribution in [1.82, 2.24) is 20.4 Å². The van der Waals surface area contributed by atoms with Crippen LogP contribution in [0, 0.1) is 38.6 Å². The van der Waals surface area contributed by atoms with Crippen molar-refractivity contribution < 1.29 is 36.7 Å². The van der Waals surface area contributed by atoms with Gasteiger partial charge < -0.3 is 38.5 Å². The van der Waals surface area contributed by atoms with Gasteiger partial charge in [-0.2, -0.15) is 0 Å². The molecule has 20 heteroatoms. The molecule has 0 spiro atoms. The molecule has 0 aliphatic rings. The number of nitrogens with zero attached hydrogens (tertiary/aromatic N) is 6. The Balaban J connectivity index is 0.000000282. The summed E-state index contributed by atoms with van der Waals surface area (Å²) in [7, 11) is -4.40. The SMILES string of the molecule is [C-]#[N+]c1ccc(N[C@@H](c2nnc(-c3ccc(O)c(F)c3)o2)[C@H](C)O)c(C)c1Cl.[C-]#[N+]c1ccc(N[C@@H](c2nnc(-c3ccc(O[Si](C)(C)C(C)(C)C)c(F)c3)o2)[C@H](C)O[Si](C)(C)C(C)(C)C)c(C)c1Cl. The molecule has 6 aromatic rings. The molecule has 372 valence electrons. The van der Waals surface area contributed by atoms with Gasteiger partial charge in [0.1, 0.15) is 17.8 Å². The monoisotopic (exact) mass is 1030 g/mol. The lowest BCUT2D eigenvalue weighted by molar-refractivity contribution is 0.159. The fourth-order valence-electron chi connectivity index (χ4n) is 6.38. The smallest absolute Gasteiger partial charge is 0.250 e. The van der Waals surface area contributed by atoms with Gasteiger partial charge in [-0.3, -0.25) is 0 Å². The molecule has 0 saturated heterocycles. The summed E-state index contributed by atoms with van der Waals surface area (Å²) >= 11 is 12.7. The minimum absolute atomic E-state index is 0.0198. The second kappa shape index (κ2) is 21.6. The Morgan fingerprint density at radius 1 is 0.671 bits per heavy atom. The molecular formula is C50H60Cl2F2N8O6Si2. The molecule has 0 saturated carbocycles. The van der Waals surface area contributed by atoms with Gasteiger partial charge in [0.25, 0.3) is 8.32 Å². The minimum atomic E-state index is -2.22. The van der Waals surface area contributed by atoms with E-state index >= 15 is 4.39 Å². The van der Waals surface area contributed by atoms with E-state index < -0.39 is 52.2 Å². The summed E-state index contributed by atoms with van der Waals surface area (Å²) in [5.74, 6) is -0.949. The lowest BCUT2D eigenvalue weighted by Crippen LogP contribution is -2.45. The molecule has 2 heterocycles. The van der Waals surface area contributed by atoms with E-state index in [4.69, 9.17) is 54.0 Å². The van der Waals surface area contributed by atoms with E-state index in [0.29, 0.717) is 49.7 Å². The van der Waals surface area contributed by atoms with Crippen LogP contribution in [0.1, 0.15) is 90.4 Å². The van der Waals surface area contributed by atoms with Gasteiger partial charge in [0.05, 0.1) is 35.4 Å². The van der Waals surface area contributed by atoms with Crippen LogP contribution < -0.4 is 15.1 Å². The molecule has 0 fully saturated rings. The maximum Gasteiger partial charge on any atom is 0.250 e. The second-order valence-electron chi connectivity index (χ2n) is 20.0. The summed E-state index contributed by atoms with van der Waals surface area (Å²) in [5, 5.41) is 43.1. The maximum absolute atomic E-state index is 15.2. The van der Waals surface area contributed by atoms with Crippen LogP contribution in [-0.4, -0.2) is 59.5 Å². The number of halogens is 4. The summed E-state index contributed by atoms with van der Waals surface area (Å²) in [6.07, 6.45) is -1.28. The minimum Gasteiger partial charge on any atom is -0.542 e. The van der Waals surface area contributed by atoms with Crippen LogP contribution in [0.15, 0.2) is 69.5 Å². The number of aromatic hydroxyl groups is 1. The number of anilines is 2. The van der Waals surface area contributed by atoms with Crippen molar-refractivity contribution in [2.45, 2.75) is 130 Å².